The monoisotopic (exact) mass is 864 g/mol. The zero-order valence-corrected chi connectivity index (χ0v) is 43.9. The van der Waals surface area contributed by atoms with Gasteiger partial charge in [-0.25, -0.2) is 0 Å². The van der Waals surface area contributed by atoms with Crippen molar-refractivity contribution < 1.29 is 32.7 Å². The first-order chi connectivity index (χ1) is 27.7. The van der Waals surface area contributed by atoms with Crippen molar-refractivity contribution in [2.24, 2.45) is 0 Å². The Labute approximate surface area is 374 Å². The number of phosphoric acid groups is 1. The summed E-state index contributed by atoms with van der Waals surface area (Å²) in [5.74, 6) is 0. The fourth-order valence-corrected chi connectivity index (χ4v) is 7.28. The standard InChI is InChI=1S/3C17H38N.H3O4P/c3*1-5-6-7-8-9-10-11-12-13-14-15-16-17-18(2,3)4;1-5(2,3)4/h3*5-17H2,1-4H3;(H3,1,2,3,4)/q3*+1;/p-3. The molecule has 0 aromatic carbocycles. The van der Waals surface area contributed by atoms with E-state index in [1.165, 1.54) is 251 Å². The SMILES string of the molecule is CCCCCCCCCCCCCC[N+](C)(C)C.CCCCCCCCCCCCCC[N+](C)(C)C.CCCCCCCCCCCCCC[N+](C)(C)C.O=P([O-])([O-])[O-]. The molecule has 0 aliphatic heterocycles. The molecule has 0 aromatic rings. The van der Waals surface area contributed by atoms with E-state index in [0.717, 1.165) is 13.4 Å². The van der Waals surface area contributed by atoms with Crippen molar-refractivity contribution in [2.75, 3.05) is 83.1 Å². The fourth-order valence-electron chi connectivity index (χ4n) is 7.28. The van der Waals surface area contributed by atoms with Crippen molar-refractivity contribution in [3.05, 3.63) is 0 Å². The van der Waals surface area contributed by atoms with Gasteiger partial charge < -0.3 is 32.7 Å². The smallest absolute Gasteiger partial charge is 0.0780 e. The molecular weight excluding hydrogens is 750 g/mol. The molecule has 0 atom stereocenters. The van der Waals surface area contributed by atoms with Crippen LogP contribution < -0.4 is 14.7 Å². The Balaban J connectivity index is -0.000000362. The average molecular weight is 864 g/mol. The van der Waals surface area contributed by atoms with E-state index < -0.39 is 7.82 Å². The number of nitrogens with zero attached hydrogens (tertiary/aromatic N) is 3. The van der Waals surface area contributed by atoms with Gasteiger partial charge in [0.1, 0.15) is 0 Å². The minimum atomic E-state index is -5.39. The Morgan fingerprint density at radius 2 is 0.356 bits per heavy atom. The largest absolute Gasteiger partial charge is 0.822 e. The number of quaternary nitrogens is 3. The van der Waals surface area contributed by atoms with E-state index in [1.807, 2.05) is 0 Å². The van der Waals surface area contributed by atoms with Crippen LogP contribution in [0.3, 0.4) is 0 Å². The maximum atomic E-state index is 8.55. The summed E-state index contributed by atoms with van der Waals surface area (Å²) in [5, 5.41) is 0. The highest BCUT2D eigenvalue weighted by Crippen LogP contribution is 2.15. The van der Waals surface area contributed by atoms with Gasteiger partial charge in [0.25, 0.3) is 0 Å². The van der Waals surface area contributed by atoms with Crippen LogP contribution in [-0.4, -0.2) is 96.5 Å². The molecule has 8 heteroatoms. The second-order valence-corrected chi connectivity index (χ2v) is 22.1. The number of hydrogen-bond donors (Lipinski definition) is 0. The maximum Gasteiger partial charge on any atom is 0.0780 e. The molecule has 0 rings (SSSR count). The molecule has 362 valence electrons. The molecule has 0 aliphatic rings. The Morgan fingerprint density at radius 3 is 0.458 bits per heavy atom. The second kappa shape index (κ2) is 47.5. The summed E-state index contributed by atoms with van der Waals surface area (Å²) < 4.78 is 11.9. The van der Waals surface area contributed by atoms with Crippen LogP contribution in [0.25, 0.3) is 0 Å². The van der Waals surface area contributed by atoms with E-state index in [-0.39, 0.29) is 0 Å². The maximum absolute atomic E-state index is 8.55. The van der Waals surface area contributed by atoms with Gasteiger partial charge in [0.05, 0.1) is 83.1 Å². The second-order valence-electron chi connectivity index (χ2n) is 21.2. The van der Waals surface area contributed by atoms with Crippen LogP contribution in [0.4, 0.5) is 0 Å². The topological polar surface area (TPSA) is 86.2 Å². The molecule has 0 amide bonds. The first kappa shape index (κ1) is 65.6. The Morgan fingerprint density at radius 1 is 0.254 bits per heavy atom. The Hall–Kier alpha value is -0.0100. The van der Waals surface area contributed by atoms with Gasteiger partial charge in [-0.3, -0.25) is 0 Å². The van der Waals surface area contributed by atoms with Crippen LogP contribution in [-0.2, 0) is 4.57 Å². The average Bonchev–Trinajstić information content (AvgIpc) is 3.11. The summed E-state index contributed by atoms with van der Waals surface area (Å²) >= 11 is 0. The molecule has 0 saturated carbocycles. The van der Waals surface area contributed by atoms with E-state index in [4.69, 9.17) is 19.2 Å². The summed E-state index contributed by atoms with van der Waals surface area (Å²) in [6, 6.07) is 0. The van der Waals surface area contributed by atoms with Crippen molar-refractivity contribution >= 4 is 7.82 Å². The Bertz CT molecular complexity index is 719. The normalized spacial score (nSPS) is 12.0. The highest BCUT2D eigenvalue weighted by atomic mass is 31.2. The lowest BCUT2D eigenvalue weighted by Gasteiger charge is -2.36. The molecule has 0 aliphatic carbocycles. The summed E-state index contributed by atoms with van der Waals surface area (Å²) in [5.41, 5.74) is 0. The van der Waals surface area contributed by atoms with E-state index in [0.29, 0.717) is 0 Å². The van der Waals surface area contributed by atoms with E-state index in [9.17, 15) is 0 Å². The van der Waals surface area contributed by atoms with Crippen LogP contribution in [0.15, 0.2) is 0 Å². The van der Waals surface area contributed by atoms with Crippen LogP contribution >= 0.6 is 7.82 Å². The summed E-state index contributed by atoms with van der Waals surface area (Å²) in [7, 11) is 15.2. The van der Waals surface area contributed by atoms with E-state index in [1.54, 1.807) is 0 Å². The van der Waals surface area contributed by atoms with Crippen LogP contribution in [0.5, 0.6) is 0 Å². The lowest BCUT2D eigenvalue weighted by Crippen LogP contribution is -2.35. The molecule has 0 radical (unpaired) electrons. The molecular formula is C51H114N3O4P. The van der Waals surface area contributed by atoms with Gasteiger partial charge in [-0.05, 0) is 38.5 Å². The third-order valence-electron chi connectivity index (χ3n) is 11.0. The molecule has 0 aromatic heterocycles. The highest BCUT2D eigenvalue weighted by Gasteiger charge is 2.07. The molecule has 7 nitrogen and oxygen atoms in total. The van der Waals surface area contributed by atoms with E-state index in [2.05, 4.69) is 84.2 Å². The Kier molecular flexibility index (Phi) is 52.8. The van der Waals surface area contributed by atoms with Crippen molar-refractivity contribution in [3.63, 3.8) is 0 Å². The van der Waals surface area contributed by atoms with Gasteiger partial charge >= 0.3 is 0 Å². The predicted molar refractivity (Wildman–Crippen MR) is 260 cm³/mol. The molecule has 0 spiro atoms. The number of rotatable bonds is 39. The summed E-state index contributed by atoms with van der Waals surface area (Å²) in [4.78, 5) is 25.6. The third kappa shape index (κ3) is 89.8. The van der Waals surface area contributed by atoms with Gasteiger partial charge in [-0.15, -0.1) is 0 Å². The molecule has 0 saturated heterocycles. The first-order valence-corrected chi connectivity index (χ1v) is 27.3. The first-order valence-electron chi connectivity index (χ1n) is 25.8. The molecule has 0 bridgehead atoms. The molecule has 0 heterocycles. The molecule has 59 heavy (non-hydrogen) atoms. The minimum Gasteiger partial charge on any atom is -0.822 e. The number of unbranched alkanes of at least 4 members (excludes halogenated alkanes) is 33. The lowest BCUT2D eigenvalue weighted by molar-refractivity contribution is -0.870. The quantitative estimate of drug-likeness (QED) is 0.0350. The summed E-state index contributed by atoms with van der Waals surface area (Å²) in [6.07, 6.45) is 52.2. The minimum absolute atomic E-state index is 1.12. The zero-order chi connectivity index (χ0) is 45.6. The third-order valence-corrected chi connectivity index (χ3v) is 11.0. The van der Waals surface area contributed by atoms with E-state index >= 15 is 0 Å². The highest BCUT2D eigenvalue weighted by molar-refractivity contribution is 7.40. The zero-order valence-electron chi connectivity index (χ0n) is 43.0. The molecule has 0 fully saturated rings. The van der Waals surface area contributed by atoms with Gasteiger partial charge in [0, 0.05) is 0 Å². The van der Waals surface area contributed by atoms with Gasteiger partial charge in [-0.1, -0.05) is 213 Å². The van der Waals surface area contributed by atoms with Crippen LogP contribution in [0.1, 0.15) is 252 Å². The van der Waals surface area contributed by atoms with Crippen molar-refractivity contribution in [1.82, 2.24) is 0 Å². The number of hydrogen-bond acceptors (Lipinski definition) is 4. The van der Waals surface area contributed by atoms with Crippen LogP contribution in [0.2, 0.25) is 0 Å². The molecule has 0 unspecified atom stereocenters. The van der Waals surface area contributed by atoms with Gasteiger partial charge in [-0.2, -0.15) is 7.82 Å². The van der Waals surface area contributed by atoms with Crippen molar-refractivity contribution in [1.29, 1.82) is 0 Å². The fraction of sp³-hybridized carbons (Fsp3) is 1.00. The lowest BCUT2D eigenvalue weighted by atomic mass is 10.1. The van der Waals surface area contributed by atoms with Crippen molar-refractivity contribution in [2.45, 2.75) is 252 Å². The van der Waals surface area contributed by atoms with Crippen LogP contribution in [0, 0.1) is 0 Å². The van der Waals surface area contributed by atoms with Crippen molar-refractivity contribution in [3.8, 4) is 0 Å². The van der Waals surface area contributed by atoms with Gasteiger partial charge in [0.15, 0.2) is 0 Å². The molecule has 0 N–H and O–H groups in total. The van der Waals surface area contributed by atoms with Gasteiger partial charge in [0.2, 0.25) is 0 Å². The predicted octanol–water partition coefficient (Wildman–Crippen LogP) is 13.4. The summed E-state index contributed by atoms with van der Waals surface area (Å²) in [6.45, 7) is 10.9.